The summed E-state index contributed by atoms with van der Waals surface area (Å²) in [6, 6.07) is 8.69. The Morgan fingerprint density at radius 3 is 2.80 bits per heavy atom. The van der Waals surface area contributed by atoms with Gasteiger partial charge in [-0.05, 0) is 42.8 Å². The number of rotatable bonds is 2. The highest BCUT2D eigenvalue weighted by atomic mass is 19.1. The van der Waals surface area contributed by atoms with E-state index in [1.54, 1.807) is 25.1 Å². The Morgan fingerprint density at radius 2 is 2.00 bits per heavy atom. The van der Waals surface area contributed by atoms with E-state index in [-0.39, 0.29) is 5.78 Å². The fraction of sp³-hybridized carbons (Fsp3) is 0.0667. The smallest absolute Gasteiger partial charge is 0.408 e. The molecule has 0 saturated carbocycles. The van der Waals surface area contributed by atoms with Gasteiger partial charge in [0.2, 0.25) is 0 Å². The van der Waals surface area contributed by atoms with Crippen LogP contribution >= 0.6 is 0 Å². The zero-order valence-electron chi connectivity index (χ0n) is 10.6. The van der Waals surface area contributed by atoms with Gasteiger partial charge in [0.05, 0.1) is 5.52 Å². The summed E-state index contributed by atoms with van der Waals surface area (Å²) in [7, 11) is 0. The molecule has 3 rings (SSSR count). The molecule has 4 nitrogen and oxygen atoms in total. The summed E-state index contributed by atoms with van der Waals surface area (Å²) in [6.45, 7) is 1.74. The highest BCUT2D eigenvalue weighted by Gasteiger charge is 2.14. The number of oxazole rings is 1. The molecule has 0 aliphatic carbocycles. The molecular formula is C15H10FNO3. The summed E-state index contributed by atoms with van der Waals surface area (Å²) in [5, 5.41) is 0. The van der Waals surface area contributed by atoms with Gasteiger partial charge < -0.3 is 4.42 Å². The van der Waals surface area contributed by atoms with E-state index in [0.717, 1.165) is 0 Å². The quantitative estimate of drug-likeness (QED) is 0.729. The Labute approximate surface area is 112 Å². The molecule has 2 aromatic carbocycles. The van der Waals surface area contributed by atoms with Gasteiger partial charge in [0, 0.05) is 11.1 Å². The van der Waals surface area contributed by atoms with Crippen LogP contribution in [0, 0.1) is 12.7 Å². The van der Waals surface area contributed by atoms with Gasteiger partial charge in [0.15, 0.2) is 11.4 Å². The third-order valence-corrected chi connectivity index (χ3v) is 3.13. The number of ketones is 1. The van der Waals surface area contributed by atoms with E-state index in [1.165, 1.54) is 18.2 Å². The lowest BCUT2D eigenvalue weighted by atomic mass is 9.99. The van der Waals surface area contributed by atoms with E-state index >= 15 is 0 Å². The summed E-state index contributed by atoms with van der Waals surface area (Å²) in [6.07, 6.45) is 0. The van der Waals surface area contributed by atoms with Gasteiger partial charge in [0.25, 0.3) is 0 Å². The van der Waals surface area contributed by atoms with Gasteiger partial charge in [-0.1, -0.05) is 6.07 Å². The van der Waals surface area contributed by atoms with E-state index in [4.69, 9.17) is 4.42 Å². The summed E-state index contributed by atoms with van der Waals surface area (Å²) in [5.74, 6) is -1.35. The van der Waals surface area contributed by atoms with Crippen LogP contribution in [0.2, 0.25) is 0 Å². The average Bonchev–Trinajstić information content (AvgIpc) is 2.79. The van der Waals surface area contributed by atoms with Crippen LogP contribution in [0.5, 0.6) is 0 Å². The van der Waals surface area contributed by atoms with Gasteiger partial charge in [-0.25, -0.2) is 9.18 Å². The number of benzene rings is 2. The van der Waals surface area contributed by atoms with Crippen molar-refractivity contribution in [3.63, 3.8) is 0 Å². The lowest BCUT2D eigenvalue weighted by Crippen LogP contribution is -2.04. The van der Waals surface area contributed by atoms with E-state index in [9.17, 15) is 14.0 Å². The van der Waals surface area contributed by atoms with Crippen LogP contribution in [-0.4, -0.2) is 10.8 Å². The highest BCUT2D eigenvalue weighted by Crippen LogP contribution is 2.18. The van der Waals surface area contributed by atoms with Crippen molar-refractivity contribution in [1.29, 1.82) is 0 Å². The van der Waals surface area contributed by atoms with Crippen molar-refractivity contribution in [1.82, 2.24) is 4.98 Å². The minimum Gasteiger partial charge on any atom is -0.408 e. The van der Waals surface area contributed by atoms with Crippen LogP contribution in [0.25, 0.3) is 11.1 Å². The largest absolute Gasteiger partial charge is 0.417 e. The predicted octanol–water partition coefficient (Wildman–Crippen LogP) is 2.80. The van der Waals surface area contributed by atoms with E-state index < -0.39 is 11.6 Å². The number of aromatic nitrogens is 1. The Morgan fingerprint density at radius 1 is 1.20 bits per heavy atom. The first-order chi connectivity index (χ1) is 9.54. The Kier molecular flexibility index (Phi) is 2.75. The van der Waals surface area contributed by atoms with Crippen LogP contribution < -0.4 is 5.76 Å². The third kappa shape index (κ3) is 2.03. The Bertz CT molecular complexity index is 876. The zero-order valence-corrected chi connectivity index (χ0v) is 10.6. The molecule has 0 saturated heterocycles. The number of H-pyrrole nitrogens is 1. The molecule has 20 heavy (non-hydrogen) atoms. The van der Waals surface area contributed by atoms with Crippen molar-refractivity contribution in [2.45, 2.75) is 6.92 Å². The number of fused-ring (bicyclic) bond motifs is 1. The van der Waals surface area contributed by atoms with Gasteiger partial charge in [-0.2, -0.15) is 0 Å². The third-order valence-electron chi connectivity index (χ3n) is 3.13. The Hall–Kier alpha value is -2.69. The number of nitrogens with one attached hydrogen (secondary N) is 1. The van der Waals surface area contributed by atoms with Crippen LogP contribution in [0.1, 0.15) is 21.5 Å². The maximum atomic E-state index is 13.3. The Balaban J connectivity index is 2.12. The summed E-state index contributed by atoms with van der Waals surface area (Å²) < 4.78 is 18.2. The van der Waals surface area contributed by atoms with E-state index in [1.807, 2.05) is 0 Å². The molecule has 1 N–H and O–H groups in total. The number of hydrogen-bond donors (Lipinski definition) is 1. The predicted molar refractivity (Wildman–Crippen MR) is 71.4 cm³/mol. The first-order valence-corrected chi connectivity index (χ1v) is 5.98. The van der Waals surface area contributed by atoms with Gasteiger partial charge >= 0.3 is 5.76 Å². The topological polar surface area (TPSA) is 63.1 Å². The number of hydrogen-bond acceptors (Lipinski definition) is 3. The van der Waals surface area contributed by atoms with Gasteiger partial charge in [-0.15, -0.1) is 0 Å². The fourth-order valence-corrected chi connectivity index (χ4v) is 2.08. The van der Waals surface area contributed by atoms with Crippen molar-refractivity contribution >= 4 is 16.9 Å². The van der Waals surface area contributed by atoms with Crippen LogP contribution in [0.3, 0.4) is 0 Å². The zero-order chi connectivity index (χ0) is 14.3. The summed E-state index contributed by atoms with van der Waals surface area (Å²) >= 11 is 0. The number of aromatic amines is 1. The molecule has 1 aromatic heterocycles. The summed E-state index contributed by atoms with van der Waals surface area (Å²) in [4.78, 5) is 25.9. The van der Waals surface area contributed by atoms with Crippen molar-refractivity contribution in [2.75, 3.05) is 0 Å². The molecule has 1 heterocycles. The normalized spacial score (nSPS) is 10.9. The average molecular weight is 271 g/mol. The van der Waals surface area contributed by atoms with E-state index in [0.29, 0.717) is 27.8 Å². The highest BCUT2D eigenvalue weighted by molar-refractivity contribution is 6.11. The van der Waals surface area contributed by atoms with Crippen molar-refractivity contribution in [2.24, 2.45) is 0 Å². The molecule has 0 atom stereocenters. The molecule has 0 radical (unpaired) electrons. The maximum absolute atomic E-state index is 13.3. The molecule has 0 amide bonds. The van der Waals surface area contributed by atoms with Gasteiger partial charge in [0.1, 0.15) is 5.82 Å². The van der Waals surface area contributed by atoms with Crippen molar-refractivity contribution < 1.29 is 13.6 Å². The number of aryl methyl sites for hydroxylation is 1. The second kappa shape index (κ2) is 4.45. The van der Waals surface area contributed by atoms with Crippen LogP contribution in [-0.2, 0) is 0 Å². The number of halogens is 1. The van der Waals surface area contributed by atoms with Crippen molar-refractivity contribution in [3.05, 3.63) is 69.5 Å². The van der Waals surface area contributed by atoms with Crippen LogP contribution in [0.4, 0.5) is 4.39 Å². The second-order valence-electron chi connectivity index (χ2n) is 4.51. The lowest BCUT2D eigenvalue weighted by molar-refractivity contribution is 0.103. The molecule has 100 valence electrons. The first-order valence-electron chi connectivity index (χ1n) is 5.98. The number of carbonyl (C=O) groups is 1. The lowest BCUT2D eigenvalue weighted by Gasteiger charge is -2.05. The van der Waals surface area contributed by atoms with Crippen LogP contribution in [0.15, 0.2) is 45.6 Å². The molecule has 5 heteroatoms. The molecule has 0 unspecified atom stereocenters. The van der Waals surface area contributed by atoms with Gasteiger partial charge in [-0.3, -0.25) is 9.78 Å². The SMILES string of the molecule is Cc1ccc(F)cc1C(=O)c1ccc2[nH]c(=O)oc2c1. The molecule has 0 aliphatic heterocycles. The van der Waals surface area contributed by atoms with Crippen molar-refractivity contribution in [3.8, 4) is 0 Å². The molecule has 0 fully saturated rings. The standard InChI is InChI=1S/C15H10FNO3/c1-8-2-4-10(16)7-11(8)14(18)9-3-5-12-13(6-9)20-15(19)17-12/h2-7H,1H3,(H,17,19). The second-order valence-corrected chi connectivity index (χ2v) is 4.51. The molecule has 0 aliphatic rings. The molecular weight excluding hydrogens is 261 g/mol. The molecule has 3 aromatic rings. The number of carbonyl (C=O) groups excluding carboxylic acids is 1. The summed E-state index contributed by atoms with van der Waals surface area (Å²) in [5.41, 5.74) is 2.14. The minimum absolute atomic E-state index is 0.294. The first kappa shape index (κ1) is 12.3. The van der Waals surface area contributed by atoms with E-state index in [2.05, 4.69) is 4.98 Å². The fourth-order valence-electron chi connectivity index (χ4n) is 2.08. The maximum Gasteiger partial charge on any atom is 0.417 e. The molecule has 0 bridgehead atoms. The molecule has 0 spiro atoms. The monoisotopic (exact) mass is 271 g/mol. The minimum atomic E-state index is -0.577.